The number of carboxylic acids is 1. The molecule has 0 aliphatic carbocycles. The van der Waals surface area contributed by atoms with Gasteiger partial charge in [-0.3, -0.25) is 9.59 Å². The molecule has 1 atom stereocenters. The Morgan fingerprint density at radius 3 is 2.61 bits per heavy atom. The van der Waals surface area contributed by atoms with Gasteiger partial charge in [0.2, 0.25) is 5.91 Å². The van der Waals surface area contributed by atoms with Crippen molar-refractivity contribution in [2.75, 3.05) is 5.32 Å². The summed E-state index contributed by atoms with van der Waals surface area (Å²) in [5.74, 6) is -1.79. The van der Waals surface area contributed by atoms with Crippen molar-refractivity contribution in [1.82, 2.24) is 0 Å². The van der Waals surface area contributed by atoms with Crippen LogP contribution in [0.15, 0.2) is 24.3 Å². The van der Waals surface area contributed by atoms with Gasteiger partial charge in [0.1, 0.15) is 0 Å². The maximum absolute atomic E-state index is 12.0. The molecule has 1 aromatic carbocycles. The number of nitrogens with one attached hydrogen (secondary N) is 1. The quantitative estimate of drug-likeness (QED) is 0.834. The fourth-order valence-electron chi connectivity index (χ4n) is 1.68. The maximum atomic E-state index is 12.0. The van der Waals surface area contributed by atoms with Gasteiger partial charge in [-0.15, -0.1) is 0 Å². The van der Waals surface area contributed by atoms with Crippen molar-refractivity contribution < 1.29 is 14.7 Å². The molecular weight excluding hydrogens is 254 g/mol. The van der Waals surface area contributed by atoms with Crippen molar-refractivity contribution in [2.24, 2.45) is 5.92 Å². The van der Waals surface area contributed by atoms with Crippen LogP contribution in [0.2, 0.25) is 5.02 Å². The highest BCUT2D eigenvalue weighted by Gasteiger charge is 2.21. The van der Waals surface area contributed by atoms with Gasteiger partial charge in [0, 0.05) is 5.92 Å². The Bertz CT molecular complexity index is 434. The average Bonchev–Trinajstić information content (AvgIpc) is 2.31. The van der Waals surface area contributed by atoms with E-state index in [0.29, 0.717) is 17.1 Å². The lowest BCUT2D eigenvalue weighted by molar-refractivity contribution is -0.140. The number of carboxylic acid groups (broad SMARTS) is 1. The molecule has 1 amide bonds. The fourth-order valence-corrected chi connectivity index (χ4v) is 1.87. The van der Waals surface area contributed by atoms with Gasteiger partial charge in [0.05, 0.1) is 17.1 Å². The molecule has 1 unspecified atom stereocenters. The summed E-state index contributed by atoms with van der Waals surface area (Å²) in [6, 6.07) is 6.87. The Balaban J connectivity index is 2.72. The van der Waals surface area contributed by atoms with Gasteiger partial charge in [-0.25, -0.2) is 0 Å². The molecule has 2 N–H and O–H groups in total. The third-order valence-corrected chi connectivity index (χ3v) is 2.89. The van der Waals surface area contributed by atoms with Crippen LogP contribution >= 0.6 is 11.6 Å². The Kier molecular flexibility index (Phi) is 5.65. The zero-order valence-corrected chi connectivity index (χ0v) is 10.9. The zero-order chi connectivity index (χ0) is 13.5. The highest BCUT2D eigenvalue weighted by atomic mass is 35.5. The smallest absolute Gasteiger partial charge is 0.304 e. The second-order valence-corrected chi connectivity index (χ2v) is 4.46. The first-order valence-corrected chi connectivity index (χ1v) is 6.19. The molecule has 5 heteroatoms. The van der Waals surface area contributed by atoms with Gasteiger partial charge < -0.3 is 10.4 Å². The summed E-state index contributed by atoms with van der Waals surface area (Å²) >= 11 is 5.92. The molecule has 4 nitrogen and oxygen atoms in total. The van der Waals surface area contributed by atoms with Gasteiger partial charge in [-0.2, -0.15) is 0 Å². The van der Waals surface area contributed by atoms with Gasteiger partial charge >= 0.3 is 5.97 Å². The molecule has 1 rings (SSSR count). The maximum Gasteiger partial charge on any atom is 0.304 e. The van der Waals surface area contributed by atoms with Crippen molar-refractivity contribution in [3.8, 4) is 0 Å². The zero-order valence-electron chi connectivity index (χ0n) is 10.1. The molecular formula is C13H16ClNO3. The van der Waals surface area contributed by atoms with Crippen LogP contribution in [0, 0.1) is 5.92 Å². The number of carbonyl (C=O) groups excluding carboxylic acids is 1. The summed E-state index contributed by atoms with van der Waals surface area (Å²) in [6.07, 6.45) is 1.14. The van der Waals surface area contributed by atoms with Crippen LogP contribution in [0.5, 0.6) is 0 Å². The normalized spacial score (nSPS) is 11.9. The lowest BCUT2D eigenvalue weighted by Gasteiger charge is -2.14. The third kappa shape index (κ3) is 4.37. The molecule has 1 aromatic rings. The first kappa shape index (κ1) is 14.5. The van der Waals surface area contributed by atoms with Crippen molar-refractivity contribution in [3.05, 3.63) is 29.3 Å². The summed E-state index contributed by atoms with van der Waals surface area (Å²) in [5, 5.41) is 11.9. The van der Waals surface area contributed by atoms with Crippen molar-refractivity contribution in [1.29, 1.82) is 0 Å². The number of hydrogen-bond acceptors (Lipinski definition) is 2. The standard InChI is InChI=1S/C13H16ClNO3/c1-2-5-9(8-12(16)17)13(18)15-11-7-4-3-6-10(11)14/h3-4,6-7,9H,2,5,8H2,1H3,(H,15,18)(H,16,17). The molecule has 0 heterocycles. The van der Waals surface area contributed by atoms with E-state index < -0.39 is 11.9 Å². The Labute approximate surface area is 111 Å². The topological polar surface area (TPSA) is 66.4 Å². The number of para-hydroxylation sites is 1. The number of halogens is 1. The molecule has 0 fully saturated rings. The largest absolute Gasteiger partial charge is 0.481 e. The van der Waals surface area contributed by atoms with Crippen LogP contribution in [0.4, 0.5) is 5.69 Å². The van der Waals surface area contributed by atoms with Crippen LogP contribution < -0.4 is 5.32 Å². The van der Waals surface area contributed by atoms with Crippen molar-refractivity contribution in [2.45, 2.75) is 26.2 Å². The summed E-state index contributed by atoms with van der Waals surface area (Å²) < 4.78 is 0. The summed E-state index contributed by atoms with van der Waals surface area (Å²) in [7, 11) is 0. The van der Waals surface area contributed by atoms with Crippen molar-refractivity contribution in [3.63, 3.8) is 0 Å². The first-order valence-electron chi connectivity index (χ1n) is 5.81. The van der Waals surface area contributed by atoms with E-state index in [1.165, 1.54) is 0 Å². The number of rotatable bonds is 6. The summed E-state index contributed by atoms with van der Waals surface area (Å²) in [4.78, 5) is 22.7. The lowest BCUT2D eigenvalue weighted by atomic mass is 9.99. The summed E-state index contributed by atoms with van der Waals surface area (Å²) in [6.45, 7) is 1.91. The second-order valence-electron chi connectivity index (χ2n) is 4.05. The molecule has 98 valence electrons. The number of carbonyl (C=O) groups is 2. The van der Waals surface area contributed by atoms with E-state index in [-0.39, 0.29) is 12.3 Å². The monoisotopic (exact) mass is 269 g/mol. The molecule has 0 aromatic heterocycles. The molecule has 0 saturated heterocycles. The molecule has 0 aliphatic rings. The van der Waals surface area contributed by atoms with Crippen LogP contribution in [0.25, 0.3) is 0 Å². The number of anilines is 1. The van der Waals surface area contributed by atoms with Crippen LogP contribution in [0.3, 0.4) is 0 Å². The van der Waals surface area contributed by atoms with Crippen molar-refractivity contribution >= 4 is 29.2 Å². The van der Waals surface area contributed by atoms with Crippen LogP contribution in [-0.2, 0) is 9.59 Å². The highest BCUT2D eigenvalue weighted by molar-refractivity contribution is 6.33. The molecule has 0 saturated carbocycles. The van der Waals surface area contributed by atoms with E-state index in [4.69, 9.17) is 16.7 Å². The number of amides is 1. The molecule has 0 radical (unpaired) electrons. The van der Waals surface area contributed by atoms with Crippen LogP contribution in [0.1, 0.15) is 26.2 Å². The fraction of sp³-hybridized carbons (Fsp3) is 0.385. The van der Waals surface area contributed by atoms with Gasteiger partial charge in [0.25, 0.3) is 0 Å². The number of aliphatic carboxylic acids is 1. The second kappa shape index (κ2) is 7.01. The Hall–Kier alpha value is -1.55. The highest BCUT2D eigenvalue weighted by Crippen LogP contribution is 2.22. The van der Waals surface area contributed by atoms with Gasteiger partial charge in [-0.1, -0.05) is 37.1 Å². The molecule has 0 spiro atoms. The Morgan fingerprint density at radius 2 is 2.06 bits per heavy atom. The number of hydrogen-bond donors (Lipinski definition) is 2. The Morgan fingerprint density at radius 1 is 1.39 bits per heavy atom. The minimum atomic E-state index is -0.970. The minimum Gasteiger partial charge on any atom is -0.481 e. The van der Waals surface area contributed by atoms with E-state index in [0.717, 1.165) is 6.42 Å². The molecule has 18 heavy (non-hydrogen) atoms. The third-order valence-electron chi connectivity index (χ3n) is 2.56. The predicted octanol–water partition coefficient (Wildman–Crippen LogP) is 3.17. The van der Waals surface area contributed by atoms with Gasteiger partial charge in [0.15, 0.2) is 0 Å². The van der Waals surface area contributed by atoms with Crippen LogP contribution in [-0.4, -0.2) is 17.0 Å². The number of benzene rings is 1. The van der Waals surface area contributed by atoms with E-state index in [1.807, 2.05) is 6.92 Å². The van der Waals surface area contributed by atoms with Gasteiger partial charge in [-0.05, 0) is 18.6 Å². The summed E-state index contributed by atoms with van der Waals surface area (Å²) in [5.41, 5.74) is 0.510. The van der Waals surface area contributed by atoms with E-state index >= 15 is 0 Å². The predicted molar refractivity (Wildman–Crippen MR) is 70.7 cm³/mol. The lowest BCUT2D eigenvalue weighted by Crippen LogP contribution is -2.25. The van der Waals surface area contributed by atoms with E-state index in [1.54, 1.807) is 24.3 Å². The average molecular weight is 270 g/mol. The molecule has 0 aliphatic heterocycles. The van der Waals surface area contributed by atoms with E-state index in [9.17, 15) is 9.59 Å². The first-order chi connectivity index (χ1) is 8.54. The SMILES string of the molecule is CCCC(CC(=O)O)C(=O)Nc1ccccc1Cl. The molecule has 0 bridgehead atoms. The minimum absolute atomic E-state index is 0.163. The van der Waals surface area contributed by atoms with E-state index in [2.05, 4.69) is 5.32 Å².